The summed E-state index contributed by atoms with van der Waals surface area (Å²) < 4.78 is 15.6. The Balaban J connectivity index is 4.41. The maximum Gasteiger partial charge on any atom is 0.407 e. The minimum Gasteiger partial charge on any atom is -0.444 e. The fourth-order valence-corrected chi connectivity index (χ4v) is 3.03. The third-order valence-electron chi connectivity index (χ3n) is 4.09. The third kappa shape index (κ3) is 21.2. The van der Waals surface area contributed by atoms with Crippen LogP contribution in [0.3, 0.4) is 0 Å². The fraction of sp³-hybridized carbons (Fsp3) is 0.727. The maximum absolute atomic E-state index is 12.5. The summed E-state index contributed by atoms with van der Waals surface area (Å²) in [5.41, 5.74) is -0.767. The van der Waals surface area contributed by atoms with Crippen molar-refractivity contribution >= 4 is 50.6 Å². The molecule has 0 spiro atoms. The Hall–Kier alpha value is -2.57. The van der Waals surface area contributed by atoms with Crippen LogP contribution in [-0.2, 0) is 38.2 Å². The van der Waals surface area contributed by atoms with Crippen LogP contribution in [0.2, 0.25) is 6.82 Å². The second-order valence-corrected chi connectivity index (χ2v) is 10.2. The van der Waals surface area contributed by atoms with Gasteiger partial charge in [0, 0.05) is 13.0 Å². The molecule has 4 N–H and O–H groups in total. The van der Waals surface area contributed by atoms with Gasteiger partial charge in [-0.1, -0.05) is 15.3 Å². The second kappa shape index (κ2) is 19.5. The van der Waals surface area contributed by atoms with Crippen molar-refractivity contribution in [2.75, 3.05) is 46.1 Å². The Morgan fingerprint density at radius 2 is 1.57 bits per heavy atom. The van der Waals surface area contributed by atoms with Gasteiger partial charge in [-0.05, 0) is 34.1 Å². The topological polar surface area (TPSA) is 178 Å². The van der Waals surface area contributed by atoms with E-state index in [0.717, 1.165) is 0 Å². The van der Waals surface area contributed by atoms with E-state index in [-0.39, 0.29) is 78.7 Å². The normalized spacial score (nSPS) is 11.9. The van der Waals surface area contributed by atoms with E-state index in [1.807, 2.05) is 0 Å². The molecule has 0 saturated heterocycles. The Labute approximate surface area is 220 Å². The van der Waals surface area contributed by atoms with Crippen molar-refractivity contribution in [3.8, 4) is 0 Å². The summed E-state index contributed by atoms with van der Waals surface area (Å²) >= 11 is 0. The van der Waals surface area contributed by atoms with Crippen molar-refractivity contribution in [2.45, 2.75) is 59.0 Å². The number of rotatable bonds is 19. The first-order valence-electron chi connectivity index (χ1n) is 11.9. The van der Waals surface area contributed by atoms with Crippen LogP contribution in [0.1, 0.15) is 40.5 Å². The Morgan fingerprint density at radius 1 is 0.892 bits per heavy atom. The lowest BCUT2D eigenvalue weighted by molar-refractivity contribution is -0.132. The first-order chi connectivity index (χ1) is 17.3. The van der Waals surface area contributed by atoms with Crippen LogP contribution < -0.4 is 21.3 Å². The number of hydrogen-bond donors (Lipinski definition) is 4. The lowest BCUT2D eigenvalue weighted by Crippen LogP contribution is -2.49. The molecule has 0 aromatic rings. The Kier molecular flexibility index (Phi) is 18.2. The van der Waals surface area contributed by atoms with Gasteiger partial charge in [0.15, 0.2) is 5.52 Å². The molecular formula is C22H39BN4O9P. The van der Waals surface area contributed by atoms with Gasteiger partial charge in [-0.15, -0.1) is 0 Å². The predicted octanol–water partition coefficient (Wildman–Crippen LogP) is -0.497. The second-order valence-electron chi connectivity index (χ2n) is 8.81. The molecule has 37 heavy (non-hydrogen) atoms. The van der Waals surface area contributed by atoms with Crippen LogP contribution in [-0.4, -0.2) is 99.8 Å². The Bertz CT molecular complexity index is 778. The van der Waals surface area contributed by atoms with Gasteiger partial charge in [-0.2, -0.15) is 0 Å². The zero-order valence-corrected chi connectivity index (χ0v) is 23.2. The number of ether oxygens (including phenoxy) is 3. The molecule has 15 heteroatoms. The van der Waals surface area contributed by atoms with Gasteiger partial charge in [0.1, 0.15) is 31.0 Å². The number of amides is 4. The summed E-state index contributed by atoms with van der Waals surface area (Å²) in [6.45, 7) is 10.1. The molecule has 0 saturated carbocycles. The smallest absolute Gasteiger partial charge is 0.407 e. The molecule has 0 aliphatic heterocycles. The van der Waals surface area contributed by atoms with Gasteiger partial charge in [0.2, 0.25) is 17.7 Å². The van der Waals surface area contributed by atoms with Crippen molar-refractivity contribution in [1.82, 2.24) is 21.3 Å². The largest absolute Gasteiger partial charge is 0.444 e. The number of nitrogens with one attached hydrogen (secondary N) is 4. The van der Waals surface area contributed by atoms with Gasteiger partial charge in [0.05, 0.1) is 32.9 Å². The van der Waals surface area contributed by atoms with E-state index < -0.39 is 35.5 Å². The third-order valence-corrected chi connectivity index (χ3v) is 4.88. The number of ketones is 1. The van der Waals surface area contributed by atoms with E-state index in [2.05, 4.69) is 21.3 Å². The molecule has 0 fully saturated rings. The first kappa shape index (κ1) is 34.4. The average Bonchev–Trinajstić information content (AvgIpc) is 2.79. The predicted molar refractivity (Wildman–Crippen MR) is 139 cm³/mol. The fourth-order valence-electron chi connectivity index (χ4n) is 2.52. The van der Waals surface area contributed by atoms with Crippen LogP contribution in [0.15, 0.2) is 0 Å². The molecule has 0 bridgehead atoms. The molecule has 1 radical (unpaired) electrons. The lowest BCUT2D eigenvalue weighted by atomic mass is 10.1. The SMILES string of the molecule is C[B]PC(=O)CNC(=O)C(CCC(=O)NCC(C)=O)NC(=O)COCCOCCNC(=O)OC(C)(C)C. The highest BCUT2D eigenvalue weighted by Gasteiger charge is 2.22. The standard InChI is InChI=1S/C22H39BN4O9P/c1-15(28)12-25-17(29)7-6-16(20(32)26-13-19(31)37-23-5)27-18(30)14-35-11-10-34-9-8-24-21(33)36-22(2,3)4/h16,37H,6-14H2,1-5H3,(H,24,33)(H,25,29)(H,26,32)(H,27,30). The van der Waals surface area contributed by atoms with Crippen LogP contribution in [0, 0.1) is 0 Å². The summed E-state index contributed by atoms with van der Waals surface area (Å²) in [5.74, 6) is -1.87. The summed E-state index contributed by atoms with van der Waals surface area (Å²) in [5, 5.41) is 9.91. The number of hydrogen-bond acceptors (Lipinski definition) is 9. The van der Waals surface area contributed by atoms with Crippen LogP contribution in [0.4, 0.5) is 4.79 Å². The van der Waals surface area contributed by atoms with Gasteiger partial charge in [-0.25, -0.2) is 4.79 Å². The van der Waals surface area contributed by atoms with E-state index in [4.69, 9.17) is 14.2 Å². The van der Waals surface area contributed by atoms with Crippen molar-refractivity contribution < 1.29 is 43.0 Å². The van der Waals surface area contributed by atoms with Crippen LogP contribution >= 0.6 is 8.46 Å². The molecule has 0 aliphatic rings. The van der Waals surface area contributed by atoms with E-state index in [1.54, 1.807) is 34.6 Å². The summed E-state index contributed by atoms with van der Waals surface area (Å²) in [4.78, 5) is 70.8. The monoisotopic (exact) mass is 545 g/mol. The molecule has 0 aromatic heterocycles. The summed E-state index contributed by atoms with van der Waals surface area (Å²) in [7, 11) is -0.0536. The maximum atomic E-state index is 12.5. The van der Waals surface area contributed by atoms with Crippen molar-refractivity contribution in [1.29, 1.82) is 0 Å². The molecule has 13 nitrogen and oxygen atoms in total. The first-order valence-corrected chi connectivity index (χ1v) is 12.9. The summed E-state index contributed by atoms with van der Waals surface area (Å²) in [6, 6.07) is -1.07. The molecule has 2 atom stereocenters. The zero-order valence-electron chi connectivity index (χ0n) is 22.2. The molecule has 0 aliphatic carbocycles. The number of carbonyl (C=O) groups is 6. The quantitative estimate of drug-likeness (QED) is 0.0947. The highest BCUT2D eigenvalue weighted by molar-refractivity contribution is 7.84. The zero-order chi connectivity index (χ0) is 28.3. The van der Waals surface area contributed by atoms with Crippen molar-refractivity contribution in [3.05, 3.63) is 0 Å². The van der Waals surface area contributed by atoms with Gasteiger partial charge < -0.3 is 35.5 Å². The van der Waals surface area contributed by atoms with Gasteiger partial charge in [0.25, 0.3) is 0 Å². The Morgan fingerprint density at radius 3 is 2.19 bits per heavy atom. The number of alkyl carbamates (subject to hydrolysis) is 1. The molecule has 209 valence electrons. The molecule has 0 heterocycles. The minimum absolute atomic E-state index is 0.0363. The molecule has 4 amide bonds. The molecule has 2 unspecified atom stereocenters. The van der Waals surface area contributed by atoms with Gasteiger partial charge >= 0.3 is 6.09 Å². The highest BCUT2D eigenvalue weighted by atomic mass is 31.1. The summed E-state index contributed by atoms with van der Waals surface area (Å²) in [6.07, 6.45) is -0.700. The van der Waals surface area contributed by atoms with E-state index in [1.165, 1.54) is 6.92 Å². The van der Waals surface area contributed by atoms with Crippen LogP contribution in [0.5, 0.6) is 0 Å². The average molecular weight is 545 g/mol. The number of carbonyl (C=O) groups excluding carboxylic acids is 6. The van der Waals surface area contributed by atoms with Crippen molar-refractivity contribution in [3.63, 3.8) is 0 Å². The molecular weight excluding hydrogens is 506 g/mol. The van der Waals surface area contributed by atoms with Gasteiger partial charge in [-0.3, -0.25) is 24.0 Å². The van der Waals surface area contributed by atoms with Crippen LogP contribution in [0.25, 0.3) is 0 Å². The minimum atomic E-state index is -1.07. The van der Waals surface area contributed by atoms with Crippen molar-refractivity contribution in [2.24, 2.45) is 0 Å². The van der Waals surface area contributed by atoms with E-state index >= 15 is 0 Å². The molecule has 0 aromatic carbocycles. The van der Waals surface area contributed by atoms with E-state index in [0.29, 0.717) is 0 Å². The molecule has 0 rings (SSSR count). The lowest BCUT2D eigenvalue weighted by Gasteiger charge is -2.19. The van der Waals surface area contributed by atoms with E-state index in [9.17, 15) is 28.8 Å². The number of Topliss-reactive ketones (excluding diaryl/α,β-unsaturated/α-hetero) is 1. The highest BCUT2D eigenvalue weighted by Crippen LogP contribution is 2.07.